The number of rotatable bonds is 9. The first-order valence-electron chi connectivity index (χ1n) is 10.4. The molecule has 0 aliphatic carbocycles. The highest BCUT2D eigenvalue weighted by Gasteiger charge is 2.24. The van der Waals surface area contributed by atoms with Gasteiger partial charge in [0.15, 0.2) is 0 Å². The summed E-state index contributed by atoms with van der Waals surface area (Å²) in [4.78, 5) is 30.6. The predicted octanol–water partition coefficient (Wildman–Crippen LogP) is 5.35. The van der Waals surface area contributed by atoms with E-state index in [9.17, 15) is 18.4 Å². The Balaban J connectivity index is 1.80. The monoisotopic (exact) mass is 456 g/mol. The Morgan fingerprint density at radius 1 is 0.875 bits per heavy atom. The van der Waals surface area contributed by atoms with E-state index in [1.54, 1.807) is 28.4 Å². The number of benzene rings is 2. The van der Waals surface area contributed by atoms with E-state index >= 15 is 0 Å². The van der Waals surface area contributed by atoms with E-state index in [-0.39, 0.29) is 30.1 Å². The third kappa shape index (κ3) is 6.72. The standard InChI is InChI=1S/C25H26F2N2O2S/c1-18(2)14-29(25(31)20-7-11-22(27)12-8-20)17-24(30)28(16-23-4-3-13-32-23)15-19-5-9-21(26)10-6-19/h3-13,18H,14-17H2,1-2H3. The largest absolute Gasteiger partial charge is 0.332 e. The van der Waals surface area contributed by atoms with Gasteiger partial charge in [0, 0.05) is 23.5 Å². The Kier molecular flexibility index (Phi) is 8.11. The summed E-state index contributed by atoms with van der Waals surface area (Å²) in [5.74, 6) is -1.13. The van der Waals surface area contributed by atoms with E-state index < -0.39 is 5.82 Å². The Morgan fingerprint density at radius 3 is 2.06 bits per heavy atom. The highest BCUT2D eigenvalue weighted by molar-refractivity contribution is 7.09. The van der Waals surface area contributed by atoms with Gasteiger partial charge in [0.2, 0.25) is 5.91 Å². The van der Waals surface area contributed by atoms with Gasteiger partial charge in [-0.2, -0.15) is 0 Å². The lowest BCUT2D eigenvalue weighted by Crippen LogP contribution is -2.43. The molecule has 0 unspecified atom stereocenters. The first-order chi connectivity index (χ1) is 15.3. The van der Waals surface area contributed by atoms with Crippen molar-refractivity contribution in [2.45, 2.75) is 26.9 Å². The topological polar surface area (TPSA) is 40.6 Å². The smallest absolute Gasteiger partial charge is 0.254 e. The molecule has 7 heteroatoms. The van der Waals surface area contributed by atoms with Crippen molar-refractivity contribution in [3.05, 3.63) is 93.7 Å². The molecule has 0 fully saturated rings. The molecule has 168 valence electrons. The van der Waals surface area contributed by atoms with E-state index in [4.69, 9.17) is 0 Å². The molecule has 3 rings (SSSR count). The number of carbonyl (C=O) groups excluding carboxylic acids is 2. The van der Waals surface area contributed by atoms with Crippen LogP contribution >= 0.6 is 11.3 Å². The molecule has 32 heavy (non-hydrogen) atoms. The first kappa shape index (κ1) is 23.6. The van der Waals surface area contributed by atoms with Gasteiger partial charge in [-0.1, -0.05) is 32.0 Å². The number of thiophene rings is 1. The summed E-state index contributed by atoms with van der Waals surface area (Å²) in [6.45, 7) is 4.94. The zero-order valence-electron chi connectivity index (χ0n) is 18.1. The molecule has 0 aliphatic rings. The van der Waals surface area contributed by atoms with Crippen molar-refractivity contribution in [2.24, 2.45) is 5.92 Å². The number of carbonyl (C=O) groups is 2. The van der Waals surface area contributed by atoms with E-state index in [0.29, 0.717) is 25.2 Å². The summed E-state index contributed by atoms with van der Waals surface area (Å²) in [7, 11) is 0. The second-order valence-electron chi connectivity index (χ2n) is 8.04. The number of hydrogen-bond donors (Lipinski definition) is 0. The van der Waals surface area contributed by atoms with Crippen molar-refractivity contribution >= 4 is 23.2 Å². The predicted molar refractivity (Wildman–Crippen MR) is 122 cm³/mol. The minimum atomic E-state index is -0.422. The summed E-state index contributed by atoms with van der Waals surface area (Å²) >= 11 is 1.55. The summed E-state index contributed by atoms with van der Waals surface area (Å²) in [6.07, 6.45) is 0. The maximum atomic E-state index is 13.3. The lowest BCUT2D eigenvalue weighted by molar-refractivity contribution is -0.133. The van der Waals surface area contributed by atoms with Gasteiger partial charge in [0.25, 0.3) is 5.91 Å². The van der Waals surface area contributed by atoms with Crippen LogP contribution in [0.3, 0.4) is 0 Å². The summed E-state index contributed by atoms with van der Waals surface area (Å²) < 4.78 is 26.6. The van der Waals surface area contributed by atoms with E-state index in [1.807, 2.05) is 31.4 Å². The Hall–Kier alpha value is -3.06. The third-order valence-electron chi connectivity index (χ3n) is 4.86. The molecular weight excluding hydrogens is 430 g/mol. The molecule has 0 saturated carbocycles. The first-order valence-corrected chi connectivity index (χ1v) is 11.3. The quantitative estimate of drug-likeness (QED) is 0.435. The van der Waals surface area contributed by atoms with Gasteiger partial charge in [-0.15, -0.1) is 11.3 Å². The van der Waals surface area contributed by atoms with Crippen LogP contribution in [0.15, 0.2) is 66.0 Å². The second-order valence-corrected chi connectivity index (χ2v) is 9.07. The molecule has 0 aliphatic heterocycles. The van der Waals surface area contributed by atoms with Gasteiger partial charge in [-0.25, -0.2) is 8.78 Å². The molecule has 3 aromatic rings. The highest BCUT2D eigenvalue weighted by Crippen LogP contribution is 2.17. The van der Waals surface area contributed by atoms with Gasteiger partial charge in [-0.05, 0) is 59.3 Å². The Labute approximate surface area is 191 Å². The molecule has 0 radical (unpaired) electrons. The molecule has 0 spiro atoms. The van der Waals surface area contributed by atoms with Crippen LogP contribution in [0.4, 0.5) is 8.78 Å². The molecule has 0 atom stereocenters. The van der Waals surface area contributed by atoms with Crippen molar-refractivity contribution in [2.75, 3.05) is 13.1 Å². The lowest BCUT2D eigenvalue weighted by Gasteiger charge is -2.29. The maximum absolute atomic E-state index is 13.3. The minimum absolute atomic E-state index is 0.0963. The maximum Gasteiger partial charge on any atom is 0.254 e. The normalized spacial score (nSPS) is 10.9. The fourth-order valence-electron chi connectivity index (χ4n) is 3.33. The van der Waals surface area contributed by atoms with Crippen LogP contribution < -0.4 is 0 Å². The van der Waals surface area contributed by atoms with Crippen LogP contribution in [-0.2, 0) is 17.9 Å². The van der Waals surface area contributed by atoms with E-state index in [2.05, 4.69) is 0 Å². The third-order valence-corrected chi connectivity index (χ3v) is 5.72. The SMILES string of the molecule is CC(C)CN(CC(=O)N(Cc1ccc(F)cc1)Cc1cccs1)C(=O)c1ccc(F)cc1. The summed E-state index contributed by atoms with van der Waals surface area (Å²) in [6, 6.07) is 15.2. The van der Waals surface area contributed by atoms with Crippen LogP contribution in [0.25, 0.3) is 0 Å². The molecular formula is C25H26F2N2O2S. The average Bonchev–Trinajstić information content (AvgIpc) is 3.27. The molecule has 2 aromatic carbocycles. The number of hydrogen-bond acceptors (Lipinski definition) is 3. The fraction of sp³-hybridized carbons (Fsp3) is 0.280. The van der Waals surface area contributed by atoms with Crippen molar-refractivity contribution in [1.82, 2.24) is 9.80 Å². The minimum Gasteiger partial charge on any atom is -0.332 e. The molecule has 1 heterocycles. The molecule has 0 bridgehead atoms. The Morgan fingerprint density at radius 2 is 1.50 bits per heavy atom. The summed E-state index contributed by atoms with van der Waals surface area (Å²) in [5.41, 5.74) is 1.14. The van der Waals surface area contributed by atoms with Crippen LogP contribution in [0.1, 0.15) is 34.6 Å². The zero-order chi connectivity index (χ0) is 23.1. The fourth-order valence-corrected chi connectivity index (χ4v) is 4.05. The Bertz CT molecular complexity index is 1020. The molecule has 1 aromatic heterocycles. The number of nitrogens with zero attached hydrogens (tertiary/aromatic N) is 2. The molecule has 2 amide bonds. The van der Waals surface area contributed by atoms with Crippen LogP contribution in [0.2, 0.25) is 0 Å². The molecule has 4 nitrogen and oxygen atoms in total. The van der Waals surface area contributed by atoms with Gasteiger partial charge < -0.3 is 9.80 Å². The number of amides is 2. The second kappa shape index (κ2) is 11.0. The van der Waals surface area contributed by atoms with Crippen molar-refractivity contribution < 1.29 is 18.4 Å². The van der Waals surface area contributed by atoms with Crippen LogP contribution in [-0.4, -0.2) is 34.7 Å². The van der Waals surface area contributed by atoms with Crippen molar-refractivity contribution in [3.8, 4) is 0 Å². The van der Waals surface area contributed by atoms with Gasteiger partial charge in [-0.3, -0.25) is 9.59 Å². The van der Waals surface area contributed by atoms with E-state index in [1.165, 1.54) is 41.3 Å². The van der Waals surface area contributed by atoms with E-state index in [0.717, 1.165) is 10.4 Å². The lowest BCUT2D eigenvalue weighted by atomic mass is 10.1. The van der Waals surface area contributed by atoms with Crippen molar-refractivity contribution in [1.29, 1.82) is 0 Å². The van der Waals surface area contributed by atoms with Crippen molar-refractivity contribution in [3.63, 3.8) is 0 Å². The number of halogens is 2. The van der Waals surface area contributed by atoms with Gasteiger partial charge >= 0.3 is 0 Å². The van der Waals surface area contributed by atoms with Crippen LogP contribution in [0.5, 0.6) is 0 Å². The zero-order valence-corrected chi connectivity index (χ0v) is 18.9. The summed E-state index contributed by atoms with van der Waals surface area (Å²) in [5, 5.41) is 1.94. The average molecular weight is 457 g/mol. The van der Waals surface area contributed by atoms with Gasteiger partial charge in [0.1, 0.15) is 18.2 Å². The van der Waals surface area contributed by atoms with Crippen LogP contribution in [0, 0.1) is 17.6 Å². The highest BCUT2D eigenvalue weighted by atomic mass is 32.1. The molecule has 0 saturated heterocycles. The van der Waals surface area contributed by atoms with Gasteiger partial charge in [0.05, 0.1) is 6.54 Å². The molecule has 0 N–H and O–H groups in total.